The van der Waals surface area contributed by atoms with Gasteiger partial charge in [-0.2, -0.15) is 0 Å². The number of nitrogens with one attached hydrogen (secondary N) is 1. The normalized spacial score (nSPS) is 18.1. The van der Waals surface area contributed by atoms with Gasteiger partial charge in [0.15, 0.2) is 0 Å². The molecule has 114 valence electrons. The number of ether oxygens (including phenoxy) is 1. The molecule has 0 aliphatic carbocycles. The monoisotopic (exact) mass is 314 g/mol. The van der Waals surface area contributed by atoms with Crippen LogP contribution >= 0.6 is 11.3 Å². The summed E-state index contributed by atoms with van der Waals surface area (Å²) in [6.07, 6.45) is 4.44. The van der Waals surface area contributed by atoms with Crippen molar-refractivity contribution in [3.8, 4) is 10.6 Å². The Morgan fingerprint density at radius 3 is 3.23 bits per heavy atom. The summed E-state index contributed by atoms with van der Waals surface area (Å²) in [6, 6.07) is 6.24. The van der Waals surface area contributed by atoms with Crippen molar-refractivity contribution in [2.45, 2.75) is 18.9 Å². The highest BCUT2D eigenvalue weighted by Crippen LogP contribution is 2.27. The Labute approximate surface area is 133 Å². The predicted octanol–water partition coefficient (Wildman–Crippen LogP) is 3.29. The number of aryl methyl sites for hydroxylation is 1. The summed E-state index contributed by atoms with van der Waals surface area (Å²) in [5.74, 6) is 0.871. The molecule has 0 bridgehead atoms. The van der Waals surface area contributed by atoms with E-state index in [1.54, 1.807) is 11.3 Å². The highest BCUT2D eigenvalue weighted by Gasteiger charge is 2.16. The first-order chi connectivity index (χ1) is 10.8. The number of nitrogens with zero attached hydrogens (tertiary/aromatic N) is 3. The maximum atomic E-state index is 5.65. The lowest BCUT2D eigenvalue weighted by Crippen LogP contribution is -2.20. The molecule has 6 heteroatoms. The van der Waals surface area contributed by atoms with Gasteiger partial charge < -0.3 is 14.6 Å². The van der Waals surface area contributed by atoms with Crippen molar-refractivity contribution in [3.63, 3.8) is 0 Å². The lowest BCUT2D eigenvalue weighted by molar-refractivity contribution is 0.120. The van der Waals surface area contributed by atoms with E-state index >= 15 is 0 Å². The minimum absolute atomic E-state index is 0.305. The first kappa shape index (κ1) is 13.7. The number of anilines is 1. The Kier molecular flexibility index (Phi) is 3.56. The van der Waals surface area contributed by atoms with Crippen LogP contribution in [0.4, 0.5) is 5.95 Å². The predicted molar refractivity (Wildman–Crippen MR) is 89.3 cm³/mol. The third-order valence-electron chi connectivity index (χ3n) is 4.05. The smallest absolute Gasteiger partial charge is 0.203 e. The Balaban J connectivity index is 1.61. The molecule has 1 atom stereocenters. The molecule has 4 rings (SSSR count). The minimum Gasteiger partial charge on any atom is -0.376 e. The Bertz CT molecular complexity index is 775. The van der Waals surface area contributed by atoms with Crippen molar-refractivity contribution in [3.05, 3.63) is 29.8 Å². The number of thiophene rings is 1. The molecule has 1 fully saturated rings. The molecule has 0 saturated carbocycles. The zero-order valence-corrected chi connectivity index (χ0v) is 13.3. The molecule has 1 unspecified atom stereocenters. The molecular formula is C16H18N4OS. The Morgan fingerprint density at radius 2 is 2.45 bits per heavy atom. The molecule has 4 heterocycles. The summed E-state index contributed by atoms with van der Waals surface area (Å²) in [4.78, 5) is 10.3. The molecule has 1 aliphatic heterocycles. The molecule has 0 radical (unpaired) electrons. The lowest BCUT2D eigenvalue weighted by Gasteiger charge is -2.11. The van der Waals surface area contributed by atoms with Gasteiger partial charge in [0.05, 0.1) is 28.4 Å². The summed E-state index contributed by atoms with van der Waals surface area (Å²) in [5.41, 5.74) is 3.00. The van der Waals surface area contributed by atoms with Crippen molar-refractivity contribution >= 4 is 28.3 Å². The second-order valence-corrected chi connectivity index (χ2v) is 6.49. The van der Waals surface area contributed by atoms with Crippen LogP contribution in [-0.4, -0.2) is 33.8 Å². The van der Waals surface area contributed by atoms with Gasteiger partial charge in [-0.3, -0.25) is 4.98 Å². The van der Waals surface area contributed by atoms with Gasteiger partial charge in [-0.15, -0.1) is 11.3 Å². The Morgan fingerprint density at radius 1 is 1.50 bits per heavy atom. The number of hydrogen-bond acceptors (Lipinski definition) is 5. The van der Waals surface area contributed by atoms with Crippen molar-refractivity contribution in [1.29, 1.82) is 0 Å². The van der Waals surface area contributed by atoms with E-state index in [1.165, 1.54) is 4.88 Å². The van der Waals surface area contributed by atoms with Crippen LogP contribution < -0.4 is 5.32 Å². The minimum atomic E-state index is 0.305. The van der Waals surface area contributed by atoms with Gasteiger partial charge >= 0.3 is 0 Å². The van der Waals surface area contributed by atoms with E-state index in [4.69, 9.17) is 4.74 Å². The van der Waals surface area contributed by atoms with Crippen LogP contribution in [0, 0.1) is 0 Å². The van der Waals surface area contributed by atoms with E-state index in [-0.39, 0.29) is 0 Å². The van der Waals surface area contributed by atoms with Crippen LogP contribution in [-0.2, 0) is 11.8 Å². The van der Waals surface area contributed by atoms with Gasteiger partial charge in [0.1, 0.15) is 5.52 Å². The summed E-state index contributed by atoms with van der Waals surface area (Å²) >= 11 is 1.70. The van der Waals surface area contributed by atoms with Crippen LogP contribution in [0.5, 0.6) is 0 Å². The zero-order chi connectivity index (χ0) is 14.9. The van der Waals surface area contributed by atoms with Crippen molar-refractivity contribution in [1.82, 2.24) is 14.5 Å². The third kappa shape index (κ3) is 2.48. The second-order valence-electron chi connectivity index (χ2n) is 5.55. The maximum Gasteiger partial charge on any atom is 0.203 e. The molecule has 22 heavy (non-hydrogen) atoms. The maximum absolute atomic E-state index is 5.65. The molecule has 0 amide bonds. The van der Waals surface area contributed by atoms with E-state index in [9.17, 15) is 0 Å². The Hall–Kier alpha value is -1.92. The first-order valence-electron chi connectivity index (χ1n) is 7.53. The SMILES string of the molecule is Cn1c(NCC2CCCO2)nc2cnc(-c3cccs3)cc21. The average Bonchev–Trinajstić information content (AvgIpc) is 3.27. The zero-order valence-electron chi connectivity index (χ0n) is 12.5. The van der Waals surface area contributed by atoms with Crippen molar-refractivity contribution in [2.24, 2.45) is 7.05 Å². The van der Waals surface area contributed by atoms with Crippen LogP contribution in [0.15, 0.2) is 29.8 Å². The second kappa shape index (κ2) is 5.70. The van der Waals surface area contributed by atoms with Gasteiger partial charge in [0, 0.05) is 20.2 Å². The van der Waals surface area contributed by atoms with Crippen molar-refractivity contribution < 1.29 is 4.74 Å². The summed E-state index contributed by atoms with van der Waals surface area (Å²) in [7, 11) is 2.03. The molecule has 1 N–H and O–H groups in total. The van der Waals surface area contributed by atoms with E-state index < -0.39 is 0 Å². The topological polar surface area (TPSA) is 52.0 Å². The van der Waals surface area contributed by atoms with E-state index in [1.807, 2.05) is 19.3 Å². The molecule has 1 aliphatic rings. The molecular weight excluding hydrogens is 296 g/mol. The standard InChI is InChI=1S/C16H18N4OS/c1-20-14-8-12(15-5-3-7-22-15)17-10-13(14)19-16(20)18-9-11-4-2-6-21-11/h3,5,7-8,10-11H,2,4,6,9H2,1H3,(H,18,19). The van der Waals surface area contributed by atoms with E-state index in [2.05, 4.69) is 37.4 Å². The molecule has 3 aromatic heterocycles. The van der Waals surface area contributed by atoms with Gasteiger partial charge in [-0.25, -0.2) is 4.98 Å². The highest BCUT2D eigenvalue weighted by atomic mass is 32.1. The molecule has 3 aromatic rings. The fourth-order valence-electron chi connectivity index (χ4n) is 2.82. The third-order valence-corrected chi connectivity index (χ3v) is 4.95. The number of aromatic nitrogens is 3. The molecule has 0 spiro atoms. The van der Waals surface area contributed by atoms with Gasteiger partial charge in [-0.05, 0) is 30.4 Å². The van der Waals surface area contributed by atoms with Crippen LogP contribution in [0.25, 0.3) is 21.6 Å². The molecule has 0 aromatic carbocycles. The van der Waals surface area contributed by atoms with Crippen LogP contribution in [0.3, 0.4) is 0 Å². The average molecular weight is 314 g/mol. The molecule has 1 saturated heterocycles. The summed E-state index contributed by atoms with van der Waals surface area (Å²) in [6.45, 7) is 1.69. The number of fused-ring (bicyclic) bond motifs is 1. The quantitative estimate of drug-likeness (QED) is 0.803. The highest BCUT2D eigenvalue weighted by molar-refractivity contribution is 7.13. The number of pyridine rings is 1. The van der Waals surface area contributed by atoms with Crippen LogP contribution in [0.1, 0.15) is 12.8 Å². The van der Waals surface area contributed by atoms with Gasteiger partial charge in [0.2, 0.25) is 5.95 Å². The van der Waals surface area contributed by atoms with Crippen molar-refractivity contribution in [2.75, 3.05) is 18.5 Å². The lowest BCUT2D eigenvalue weighted by atomic mass is 10.2. The number of rotatable bonds is 4. The van der Waals surface area contributed by atoms with Gasteiger partial charge in [0.25, 0.3) is 0 Å². The summed E-state index contributed by atoms with van der Waals surface area (Å²) < 4.78 is 7.73. The largest absolute Gasteiger partial charge is 0.376 e. The fourth-order valence-corrected chi connectivity index (χ4v) is 3.52. The van der Waals surface area contributed by atoms with E-state index in [0.717, 1.165) is 48.7 Å². The summed E-state index contributed by atoms with van der Waals surface area (Å²) in [5, 5.41) is 5.47. The van der Waals surface area contributed by atoms with Crippen LogP contribution in [0.2, 0.25) is 0 Å². The van der Waals surface area contributed by atoms with Gasteiger partial charge in [-0.1, -0.05) is 6.07 Å². The fraction of sp³-hybridized carbons (Fsp3) is 0.375. The van der Waals surface area contributed by atoms with E-state index in [0.29, 0.717) is 6.10 Å². The number of imidazole rings is 1. The number of hydrogen-bond donors (Lipinski definition) is 1. The molecule has 5 nitrogen and oxygen atoms in total. The first-order valence-corrected chi connectivity index (χ1v) is 8.41.